The normalized spacial score (nSPS) is 18.4. The highest BCUT2D eigenvalue weighted by atomic mass is 79.9. The molecular formula is C25H17BrClN4O4+. The van der Waals surface area contributed by atoms with Gasteiger partial charge in [-0.25, -0.2) is 9.99 Å². The molecular weight excluding hydrogens is 536 g/mol. The smallest absolute Gasteiger partial charge is 0.299 e. The summed E-state index contributed by atoms with van der Waals surface area (Å²) in [6, 6.07) is 18.6. The molecule has 2 aliphatic rings. The van der Waals surface area contributed by atoms with Gasteiger partial charge in [0.15, 0.2) is 18.4 Å². The van der Waals surface area contributed by atoms with Crippen molar-refractivity contribution < 1.29 is 19.0 Å². The first-order chi connectivity index (χ1) is 17.0. The van der Waals surface area contributed by atoms with Crippen molar-refractivity contribution in [3.63, 3.8) is 0 Å². The van der Waals surface area contributed by atoms with Gasteiger partial charge in [0.05, 0.1) is 16.7 Å². The summed E-state index contributed by atoms with van der Waals surface area (Å²) in [6.07, 6.45) is 2.37. The number of epoxide rings is 1. The number of fused-ring (bicyclic) bond motifs is 3. The molecule has 35 heavy (non-hydrogen) atoms. The van der Waals surface area contributed by atoms with Gasteiger partial charge in [-0.15, -0.1) is 0 Å². The van der Waals surface area contributed by atoms with Crippen LogP contribution in [0.15, 0.2) is 87.2 Å². The third-order valence-corrected chi connectivity index (χ3v) is 6.60. The summed E-state index contributed by atoms with van der Waals surface area (Å²) in [7, 11) is 0. The Bertz CT molecular complexity index is 1490. The van der Waals surface area contributed by atoms with E-state index in [1.165, 1.54) is 6.39 Å². The fraction of sp³-hybridized carbons (Fsp3) is 0.120. The molecule has 6 rings (SSSR count). The topological polar surface area (TPSA) is 94.5 Å². The third-order valence-electron chi connectivity index (χ3n) is 5.91. The van der Waals surface area contributed by atoms with Gasteiger partial charge >= 0.3 is 0 Å². The molecule has 0 amide bonds. The first-order valence-electron chi connectivity index (χ1n) is 10.7. The van der Waals surface area contributed by atoms with Crippen LogP contribution in [0.2, 0.25) is 5.02 Å². The maximum absolute atomic E-state index is 12.5. The summed E-state index contributed by atoms with van der Waals surface area (Å²) in [5, 5.41) is 16.6. The summed E-state index contributed by atoms with van der Waals surface area (Å²) < 4.78 is 12.8. The van der Waals surface area contributed by atoms with Crippen LogP contribution < -0.4 is 5.01 Å². The van der Waals surface area contributed by atoms with Gasteiger partial charge < -0.3 is 14.3 Å². The first-order valence-corrected chi connectivity index (χ1v) is 11.9. The number of nitroso groups, excluding NO2 is 1. The number of nitrogens with zero attached hydrogens (tertiary/aromatic N) is 4. The van der Waals surface area contributed by atoms with Gasteiger partial charge in [0.25, 0.3) is 12.4 Å². The molecule has 2 aliphatic heterocycles. The van der Waals surface area contributed by atoms with Crippen molar-refractivity contribution in [2.24, 2.45) is 5.10 Å². The highest BCUT2D eigenvalue weighted by molar-refractivity contribution is 9.10. The molecule has 2 atom stereocenters. The second kappa shape index (κ2) is 8.69. The molecule has 2 unspecified atom stereocenters. The van der Waals surface area contributed by atoms with Crippen molar-refractivity contribution in [3.05, 3.63) is 104 Å². The van der Waals surface area contributed by atoms with E-state index in [1.54, 1.807) is 29.4 Å². The Morgan fingerprint density at radius 2 is 1.94 bits per heavy atom. The van der Waals surface area contributed by atoms with Crippen LogP contribution in [0.4, 0.5) is 11.4 Å². The predicted molar refractivity (Wildman–Crippen MR) is 134 cm³/mol. The lowest BCUT2D eigenvalue weighted by molar-refractivity contribution is -0.504. The Balaban J connectivity index is 1.57. The van der Waals surface area contributed by atoms with Crippen LogP contribution in [0.5, 0.6) is 0 Å². The second-order valence-corrected chi connectivity index (χ2v) is 9.43. The number of oxazole rings is 1. The number of halogens is 2. The van der Waals surface area contributed by atoms with Crippen LogP contribution in [0.25, 0.3) is 11.3 Å². The van der Waals surface area contributed by atoms with Crippen molar-refractivity contribution in [1.29, 1.82) is 0 Å². The van der Waals surface area contributed by atoms with E-state index in [2.05, 4.69) is 20.9 Å². The Morgan fingerprint density at radius 1 is 1.11 bits per heavy atom. The molecule has 3 heterocycles. The molecule has 8 nitrogen and oxygen atoms in total. The van der Waals surface area contributed by atoms with E-state index in [4.69, 9.17) is 25.9 Å². The zero-order chi connectivity index (χ0) is 24.1. The van der Waals surface area contributed by atoms with E-state index in [0.717, 1.165) is 26.7 Å². The Hall–Kier alpha value is -3.37. The van der Waals surface area contributed by atoms with Gasteiger partial charge in [0, 0.05) is 37.2 Å². The second-order valence-electron chi connectivity index (χ2n) is 8.07. The van der Waals surface area contributed by atoms with Crippen LogP contribution in [0, 0.1) is 4.91 Å². The van der Waals surface area contributed by atoms with Crippen molar-refractivity contribution in [2.45, 2.75) is 12.3 Å². The van der Waals surface area contributed by atoms with Crippen LogP contribution >= 0.6 is 27.5 Å². The van der Waals surface area contributed by atoms with Gasteiger partial charge in [0.1, 0.15) is 11.8 Å². The molecule has 0 aliphatic carbocycles. The van der Waals surface area contributed by atoms with Gasteiger partial charge in [-0.05, 0) is 35.9 Å². The van der Waals surface area contributed by atoms with Crippen molar-refractivity contribution in [2.75, 3.05) is 11.7 Å². The Morgan fingerprint density at radius 3 is 2.74 bits per heavy atom. The zero-order valence-corrected chi connectivity index (χ0v) is 20.3. The first kappa shape index (κ1) is 22.1. The van der Waals surface area contributed by atoms with Crippen molar-refractivity contribution >= 4 is 44.6 Å². The summed E-state index contributed by atoms with van der Waals surface area (Å²) >= 11 is 9.91. The number of aliphatic hydroxyl groups is 1. The number of hydrogen-bond acceptors (Lipinski definition) is 7. The molecule has 4 aromatic rings. The molecule has 0 saturated carbocycles. The molecule has 1 saturated heterocycles. The number of ether oxygens (including phenoxy) is 1. The van der Waals surface area contributed by atoms with E-state index >= 15 is 0 Å². The maximum Gasteiger partial charge on any atom is 0.299 e. The predicted octanol–water partition coefficient (Wildman–Crippen LogP) is 5.79. The number of hydrogen-bond donors (Lipinski definition) is 1. The van der Waals surface area contributed by atoms with E-state index in [-0.39, 0.29) is 11.8 Å². The maximum atomic E-state index is 12.5. The number of aliphatic hydroxyl groups excluding tert-OH is 1. The number of hydrazone groups is 1. The largest absolute Gasteiger partial charge is 0.444 e. The molecule has 0 bridgehead atoms. The van der Waals surface area contributed by atoms with Gasteiger partial charge in [-0.2, -0.15) is 5.10 Å². The summed E-state index contributed by atoms with van der Waals surface area (Å²) in [6.45, 7) is -0.708. The number of rotatable bonds is 5. The van der Waals surface area contributed by atoms with Crippen LogP contribution in [0.1, 0.15) is 22.8 Å². The molecule has 1 aromatic heterocycles. The average Bonchev–Trinajstić information content (AvgIpc) is 3.48. The minimum atomic E-state index is -0.708. The number of anilines is 1. The standard InChI is InChI=1S/C25H17BrClN4O4/c26-16-8-14(22-11-28-12-34-22)7-15(9-16)23-18-3-1-2-4-19(18)24-25(35-24)31(29-23)21-10-17(27)5-6-20(21)30(33)13-32/h1-12,24-25,32H,13H2/q+1. The third kappa shape index (κ3) is 3.96. The van der Waals surface area contributed by atoms with Crippen LogP contribution in [-0.4, -0.2) is 33.5 Å². The van der Waals surface area contributed by atoms with Gasteiger partial charge in [0.2, 0.25) is 0 Å². The highest BCUT2D eigenvalue weighted by Gasteiger charge is 2.50. The van der Waals surface area contributed by atoms with E-state index < -0.39 is 13.0 Å². The minimum absolute atomic E-state index is 0.233. The monoisotopic (exact) mass is 551 g/mol. The van der Waals surface area contributed by atoms with Gasteiger partial charge in [-0.1, -0.05) is 51.8 Å². The number of benzene rings is 3. The lowest BCUT2D eigenvalue weighted by atomic mass is 9.95. The lowest BCUT2D eigenvalue weighted by Gasteiger charge is -2.19. The fourth-order valence-electron chi connectivity index (χ4n) is 4.30. The quantitative estimate of drug-likeness (QED) is 0.191. The molecule has 1 fully saturated rings. The van der Waals surface area contributed by atoms with Crippen LogP contribution in [-0.2, 0) is 4.74 Å². The molecule has 174 valence electrons. The van der Waals surface area contributed by atoms with Crippen molar-refractivity contribution in [1.82, 2.24) is 4.98 Å². The molecule has 0 radical (unpaired) electrons. The fourth-order valence-corrected chi connectivity index (χ4v) is 4.95. The molecule has 0 spiro atoms. The van der Waals surface area contributed by atoms with E-state index in [1.807, 2.05) is 42.5 Å². The van der Waals surface area contributed by atoms with Crippen molar-refractivity contribution in [3.8, 4) is 11.3 Å². The molecule has 1 N–H and O–H groups in total. The minimum Gasteiger partial charge on any atom is -0.444 e. The highest BCUT2D eigenvalue weighted by Crippen LogP contribution is 2.49. The number of aromatic nitrogens is 1. The van der Waals surface area contributed by atoms with E-state index in [9.17, 15) is 10.0 Å². The Labute approximate surface area is 213 Å². The average molecular weight is 553 g/mol. The lowest BCUT2D eigenvalue weighted by Crippen LogP contribution is -2.23. The molecule has 3 aromatic carbocycles. The SMILES string of the molecule is O=[N+](CO)c1ccc(Cl)cc1N1N=C(c2cc(Br)cc(-c3cnco3)c2)c2ccccc2C2OC21. The summed E-state index contributed by atoms with van der Waals surface area (Å²) in [4.78, 5) is 16.5. The Kier molecular flexibility index (Phi) is 5.49. The summed E-state index contributed by atoms with van der Waals surface area (Å²) in [5.41, 5.74) is 4.92. The zero-order valence-electron chi connectivity index (χ0n) is 18.0. The van der Waals surface area contributed by atoms with Crippen LogP contribution in [0.3, 0.4) is 0 Å². The van der Waals surface area contributed by atoms with E-state index in [0.29, 0.717) is 26.9 Å². The van der Waals surface area contributed by atoms with Gasteiger partial charge in [-0.3, -0.25) is 0 Å². The summed E-state index contributed by atoms with van der Waals surface area (Å²) in [5.74, 6) is 0.625. The molecule has 10 heteroatoms.